The molecule has 0 spiro atoms. The molecule has 3 rings (SSSR count). The summed E-state index contributed by atoms with van der Waals surface area (Å²) in [4.78, 5) is 13.0. The SMILES string of the molecule is COc1ccc(C(=O)C2(C)C=C(C)c3ccccc32)cc1. The van der Waals surface area contributed by atoms with Crippen LogP contribution in [0.1, 0.15) is 35.3 Å². The Morgan fingerprint density at radius 1 is 1.05 bits per heavy atom. The van der Waals surface area contributed by atoms with Crippen LogP contribution < -0.4 is 4.74 Å². The monoisotopic (exact) mass is 278 g/mol. The molecule has 2 aromatic rings. The quantitative estimate of drug-likeness (QED) is 0.784. The molecule has 2 nitrogen and oxygen atoms in total. The number of allylic oxidation sites excluding steroid dienone is 2. The van der Waals surface area contributed by atoms with Crippen molar-refractivity contribution < 1.29 is 9.53 Å². The van der Waals surface area contributed by atoms with Crippen LogP contribution in [0.3, 0.4) is 0 Å². The van der Waals surface area contributed by atoms with Crippen molar-refractivity contribution in [3.63, 3.8) is 0 Å². The van der Waals surface area contributed by atoms with Crippen molar-refractivity contribution in [1.82, 2.24) is 0 Å². The van der Waals surface area contributed by atoms with Crippen LogP contribution >= 0.6 is 0 Å². The fourth-order valence-electron chi connectivity index (χ4n) is 3.10. The molecule has 21 heavy (non-hydrogen) atoms. The minimum atomic E-state index is -0.588. The zero-order chi connectivity index (χ0) is 15.0. The van der Waals surface area contributed by atoms with Gasteiger partial charge in [-0.25, -0.2) is 0 Å². The topological polar surface area (TPSA) is 26.3 Å². The van der Waals surface area contributed by atoms with Gasteiger partial charge in [-0.1, -0.05) is 30.3 Å². The van der Waals surface area contributed by atoms with Gasteiger partial charge in [-0.2, -0.15) is 0 Å². The van der Waals surface area contributed by atoms with Gasteiger partial charge in [-0.05, 0) is 54.8 Å². The number of carbonyl (C=O) groups excluding carboxylic acids is 1. The predicted octanol–water partition coefficient (Wildman–Crippen LogP) is 4.25. The first-order chi connectivity index (χ1) is 10.1. The number of hydrogen-bond acceptors (Lipinski definition) is 2. The van der Waals surface area contributed by atoms with E-state index >= 15 is 0 Å². The number of ether oxygens (including phenoxy) is 1. The lowest BCUT2D eigenvalue weighted by Gasteiger charge is -2.22. The van der Waals surface area contributed by atoms with Gasteiger partial charge in [0.2, 0.25) is 0 Å². The van der Waals surface area contributed by atoms with Crippen molar-refractivity contribution in [2.24, 2.45) is 0 Å². The van der Waals surface area contributed by atoms with Crippen LogP contribution in [0.2, 0.25) is 0 Å². The lowest BCUT2D eigenvalue weighted by Crippen LogP contribution is -2.29. The van der Waals surface area contributed by atoms with Crippen LogP contribution in [0.4, 0.5) is 0 Å². The van der Waals surface area contributed by atoms with Crippen LogP contribution in [0.5, 0.6) is 5.75 Å². The zero-order valence-corrected chi connectivity index (χ0v) is 12.5. The van der Waals surface area contributed by atoms with E-state index in [1.807, 2.05) is 49.4 Å². The van der Waals surface area contributed by atoms with E-state index in [-0.39, 0.29) is 5.78 Å². The lowest BCUT2D eigenvalue weighted by atomic mass is 9.78. The van der Waals surface area contributed by atoms with Gasteiger partial charge >= 0.3 is 0 Å². The molecular weight excluding hydrogens is 260 g/mol. The van der Waals surface area contributed by atoms with E-state index in [1.165, 1.54) is 5.56 Å². The Labute approximate surface area is 125 Å². The van der Waals surface area contributed by atoms with Crippen molar-refractivity contribution in [3.05, 3.63) is 71.3 Å². The molecule has 0 fully saturated rings. The standard InChI is InChI=1S/C19H18O2/c1-13-12-19(2,17-7-5-4-6-16(13)17)18(20)14-8-10-15(21-3)11-9-14/h4-12H,1-3H3. The molecule has 2 aromatic carbocycles. The number of methoxy groups -OCH3 is 1. The van der Waals surface area contributed by atoms with Gasteiger partial charge in [0.1, 0.15) is 5.75 Å². The minimum Gasteiger partial charge on any atom is -0.497 e. The van der Waals surface area contributed by atoms with Gasteiger partial charge in [-0.3, -0.25) is 4.79 Å². The van der Waals surface area contributed by atoms with Crippen LogP contribution in [0.15, 0.2) is 54.6 Å². The van der Waals surface area contributed by atoms with Crippen LogP contribution in [-0.2, 0) is 5.41 Å². The Hall–Kier alpha value is -2.35. The van der Waals surface area contributed by atoms with Gasteiger partial charge in [0.05, 0.1) is 12.5 Å². The largest absolute Gasteiger partial charge is 0.497 e. The average Bonchev–Trinajstić information content (AvgIpc) is 2.80. The van der Waals surface area contributed by atoms with Crippen molar-refractivity contribution in [1.29, 1.82) is 0 Å². The fraction of sp³-hybridized carbons (Fsp3) is 0.211. The summed E-state index contributed by atoms with van der Waals surface area (Å²) in [5, 5.41) is 0. The van der Waals surface area contributed by atoms with Gasteiger partial charge in [0, 0.05) is 5.56 Å². The summed E-state index contributed by atoms with van der Waals surface area (Å²) in [6, 6.07) is 15.4. The molecule has 0 aliphatic heterocycles. The van der Waals surface area contributed by atoms with Crippen LogP contribution in [0.25, 0.3) is 5.57 Å². The lowest BCUT2D eigenvalue weighted by molar-refractivity contribution is 0.0929. The van der Waals surface area contributed by atoms with Gasteiger partial charge in [0.15, 0.2) is 5.78 Å². The second kappa shape index (κ2) is 4.88. The number of fused-ring (bicyclic) bond motifs is 1. The third-order valence-electron chi connectivity index (χ3n) is 4.24. The second-order valence-corrected chi connectivity index (χ2v) is 5.63. The average molecular weight is 278 g/mol. The molecule has 0 amide bonds. The first-order valence-electron chi connectivity index (χ1n) is 7.04. The zero-order valence-electron chi connectivity index (χ0n) is 12.5. The number of carbonyl (C=O) groups is 1. The van der Waals surface area contributed by atoms with E-state index in [4.69, 9.17) is 4.74 Å². The van der Waals surface area contributed by atoms with Crippen molar-refractivity contribution in [2.45, 2.75) is 19.3 Å². The number of benzene rings is 2. The highest BCUT2D eigenvalue weighted by Gasteiger charge is 2.39. The van der Waals surface area contributed by atoms with E-state index < -0.39 is 5.41 Å². The molecule has 0 saturated heterocycles. The van der Waals surface area contributed by atoms with E-state index in [2.05, 4.69) is 19.1 Å². The molecule has 0 heterocycles. The maximum Gasteiger partial charge on any atom is 0.176 e. The minimum absolute atomic E-state index is 0.120. The molecule has 0 radical (unpaired) electrons. The van der Waals surface area contributed by atoms with E-state index in [9.17, 15) is 4.79 Å². The molecule has 1 unspecified atom stereocenters. The summed E-state index contributed by atoms with van der Waals surface area (Å²) in [6.45, 7) is 4.06. The third kappa shape index (κ3) is 2.07. The van der Waals surface area contributed by atoms with Crippen LogP contribution in [0, 0.1) is 0 Å². The highest BCUT2D eigenvalue weighted by molar-refractivity contribution is 6.08. The number of hydrogen-bond donors (Lipinski definition) is 0. The molecule has 106 valence electrons. The second-order valence-electron chi connectivity index (χ2n) is 5.63. The summed E-state index contributed by atoms with van der Waals surface area (Å²) in [5.74, 6) is 0.879. The highest BCUT2D eigenvalue weighted by atomic mass is 16.5. The number of ketones is 1. The fourth-order valence-corrected chi connectivity index (χ4v) is 3.10. The Morgan fingerprint density at radius 3 is 2.38 bits per heavy atom. The molecule has 0 aromatic heterocycles. The van der Waals surface area contributed by atoms with Gasteiger partial charge in [0.25, 0.3) is 0 Å². The van der Waals surface area contributed by atoms with Gasteiger partial charge < -0.3 is 4.74 Å². The maximum absolute atomic E-state index is 13.0. The van der Waals surface area contributed by atoms with E-state index in [0.29, 0.717) is 5.56 Å². The maximum atomic E-state index is 13.0. The smallest absolute Gasteiger partial charge is 0.176 e. The molecular formula is C19H18O2. The Balaban J connectivity index is 2.05. The predicted molar refractivity (Wildman–Crippen MR) is 84.8 cm³/mol. The molecule has 1 aliphatic rings. The number of Topliss-reactive ketones (excluding diaryl/α,β-unsaturated/α-hetero) is 1. The first kappa shape index (κ1) is 13.6. The van der Waals surface area contributed by atoms with Crippen molar-refractivity contribution in [3.8, 4) is 5.75 Å². The molecule has 0 saturated carbocycles. The van der Waals surface area contributed by atoms with E-state index in [1.54, 1.807) is 7.11 Å². The molecule has 1 aliphatic carbocycles. The molecule has 2 heteroatoms. The normalized spacial score (nSPS) is 19.9. The van der Waals surface area contributed by atoms with Crippen molar-refractivity contribution in [2.75, 3.05) is 7.11 Å². The summed E-state index contributed by atoms with van der Waals surface area (Å²) in [7, 11) is 1.62. The first-order valence-corrected chi connectivity index (χ1v) is 7.04. The third-order valence-corrected chi connectivity index (χ3v) is 4.24. The highest BCUT2D eigenvalue weighted by Crippen LogP contribution is 2.42. The van der Waals surface area contributed by atoms with Gasteiger partial charge in [-0.15, -0.1) is 0 Å². The molecule has 1 atom stereocenters. The molecule has 0 bridgehead atoms. The Morgan fingerprint density at radius 2 is 1.71 bits per heavy atom. The van der Waals surface area contributed by atoms with Crippen molar-refractivity contribution >= 4 is 11.4 Å². The Bertz CT molecular complexity index is 725. The summed E-state index contributed by atoms with van der Waals surface area (Å²) in [6.07, 6.45) is 2.07. The summed E-state index contributed by atoms with van der Waals surface area (Å²) in [5.41, 5.74) is 3.54. The Kier molecular flexibility index (Phi) is 3.17. The summed E-state index contributed by atoms with van der Waals surface area (Å²) >= 11 is 0. The molecule has 0 N–H and O–H groups in total. The number of rotatable bonds is 3. The van der Waals surface area contributed by atoms with Crippen LogP contribution in [-0.4, -0.2) is 12.9 Å². The summed E-state index contributed by atoms with van der Waals surface area (Å²) < 4.78 is 5.15. The van der Waals surface area contributed by atoms with E-state index in [0.717, 1.165) is 16.9 Å².